The van der Waals surface area contributed by atoms with Crippen molar-refractivity contribution in [3.63, 3.8) is 0 Å². The summed E-state index contributed by atoms with van der Waals surface area (Å²) in [5.74, 6) is 0. The van der Waals surface area contributed by atoms with E-state index in [-0.39, 0.29) is 6.10 Å². The van der Waals surface area contributed by atoms with Gasteiger partial charge in [-0.2, -0.15) is 0 Å². The fourth-order valence-electron chi connectivity index (χ4n) is 3.56. The molecule has 120 valence electrons. The van der Waals surface area contributed by atoms with E-state index in [1.807, 2.05) is 18.2 Å². The third-order valence-corrected chi connectivity index (χ3v) is 10.6. The summed E-state index contributed by atoms with van der Waals surface area (Å²) < 4.78 is 12.4. The van der Waals surface area contributed by atoms with Crippen LogP contribution in [0.5, 0.6) is 0 Å². The molecule has 0 saturated heterocycles. The third-order valence-electron chi connectivity index (χ3n) is 4.60. The summed E-state index contributed by atoms with van der Waals surface area (Å²) in [7, 11) is -1.82. The molecule has 0 aliphatic rings. The van der Waals surface area contributed by atoms with Gasteiger partial charge in [-0.05, 0) is 29.1 Å². The summed E-state index contributed by atoms with van der Waals surface area (Å²) in [6.07, 6.45) is 0.0735. The SMILES string of the molecule is CC(OCO[Si](C(C)C)(C(C)C)C(C)C)c1ccccc1. The molecule has 0 aliphatic heterocycles. The zero-order valence-corrected chi connectivity index (χ0v) is 15.7. The van der Waals surface area contributed by atoms with Gasteiger partial charge in [0.05, 0.1) is 6.10 Å². The van der Waals surface area contributed by atoms with E-state index in [0.29, 0.717) is 23.4 Å². The van der Waals surface area contributed by atoms with Crippen LogP contribution in [0.3, 0.4) is 0 Å². The van der Waals surface area contributed by atoms with Crippen LogP contribution in [0.1, 0.15) is 60.1 Å². The Morgan fingerprint density at radius 3 is 1.71 bits per heavy atom. The molecule has 0 amide bonds. The van der Waals surface area contributed by atoms with E-state index < -0.39 is 8.32 Å². The predicted octanol–water partition coefficient (Wildman–Crippen LogP) is 5.91. The normalized spacial score (nSPS) is 14.2. The Labute approximate surface area is 132 Å². The van der Waals surface area contributed by atoms with E-state index in [9.17, 15) is 0 Å². The van der Waals surface area contributed by atoms with Crippen molar-refractivity contribution < 1.29 is 9.16 Å². The number of ether oxygens (including phenoxy) is 1. The summed E-state index contributed by atoms with van der Waals surface area (Å²) in [5.41, 5.74) is 2.97. The molecular weight excluding hydrogens is 276 g/mol. The smallest absolute Gasteiger partial charge is 0.203 e. The second-order valence-electron chi connectivity index (χ2n) is 6.80. The number of hydrogen-bond acceptors (Lipinski definition) is 2. The lowest BCUT2D eigenvalue weighted by Crippen LogP contribution is -2.48. The van der Waals surface area contributed by atoms with Crippen molar-refractivity contribution in [1.82, 2.24) is 0 Å². The van der Waals surface area contributed by atoms with Crippen molar-refractivity contribution in [1.29, 1.82) is 0 Å². The fraction of sp³-hybridized carbons (Fsp3) is 0.667. The highest BCUT2D eigenvalue weighted by molar-refractivity contribution is 6.77. The van der Waals surface area contributed by atoms with Gasteiger partial charge in [-0.3, -0.25) is 0 Å². The minimum absolute atomic E-state index is 0.0735. The molecular formula is C18H32O2Si. The molecule has 0 saturated carbocycles. The van der Waals surface area contributed by atoms with Crippen molar-refractivity contribution in [2.75, 3.05) is 6.79 Å². The first-order chi connectivity index (χ1) is 9.82. The van der Waals surface area contributed by atoms with Gasteiger partial charge in [0, 0.05) is 0 Å². The second kappa shape index (κ2) is 8.11. The zero-order valence-electron chi connectivity index (χ0n) is 14.7. The molecule has 3 heteroatoms. The topological polar surface area (TPSA) is 18.5 Å². The van der Waals surface area contributed by atoms with Gasteiger partial charge in [0.1, 0.15) is 6.79 Å². The molecule has 0 aliphatic carbocycles. The molecule has 2 nitrogen and oxygen atoms in total. The number of rotatable bonds is 8. The maximum atomic E-state index is 6.42. The molecule has 0 spiro atoms. The maximum Gasteiger partial charge on any atom is 0.203 e. The molecule has 1 aromatic rings. The van der Waals surface area contributed by atoms with Crippen molar-refractivity contribution in [2.45, 2.75) is 71.2 Å². The average Bonchev–Trinajstić information content (AvgIpc) is 2.43. The van der Waals surface area contributed by atoms with Gasteiger partial charge in [0.15, 0.2) is 0 Å². The second-order valence-corrected chi connectivity index (χ2v) is 12.3. The lowest BCUT2D eigenvalue weighted by molar-refractivity contribution is -0.0381. The van der Waals surface area contributed by atoms with Gasteiger partial charge in [0.25, 0.3) is 0 Å². The standard InChI is InChI=1S/C18H32O2Si/c1-14(2)21(15(3)4,16(5)6)20-13-19-17(7)18-11-9-8-10-12-18/h8-12,14-17H,13H2,1-7H3. The largest absolute Gasteiger partial charge is 0.394 e. The Hall–Kier alpha value is -0.643. The summed E-state index contributed by atoms with van der Waals surface area (Å²) in [6.45, 7) is 16.3. The Morgan fingerprint density at radius 2 is 1.29 bits per heavy atom. The van der Waals surface area contributed by atoms with Gasteiger partial charge in [-0.1, -0.05) is 71.9 Å². The first kappa shape index (κ1) is 18.4. The highest BCUT2D eigenvalue weighted by Gasteiger charge is 2.45. The number of benzene rings is 1. The van der Waals surface area contributed by atoms with Crippen LogP contribution < -0.4 is 0 Å². The van der Waals surface area contributed by atoms with Crippen molar-refractivity contribution in [3.05, 3.63) is 35.9 Å². The lowest BCUT2D eigenvalue weighted by atomic mass is 10.1. The molecule has 0 N–H and O–H groups in total. The van der Waals surface area contributed by atoms with E-state index in [1.54, 1.807) is 0 Å². The van der Waals surface area contributed by atoms with Crippen molar-refractivity contribution in [3.8, 4) is 0 Å². The van der Waals surface area contributed by atoms with E-state index in [1.165, 1.54) is 5.56 Å². The van der Waals surface area contributed by atoms with Gasteiger partial charge in [-0.25, -0.2) is 0 Å². The van der Waals surface area contributed by atoms with Crippen LogP contribution in [0.15, 0.2) is 30.3 Å². The van der Waals surface area contributed by atoms with Crippen LogP contribution in [0.25, 0.3) is 0 Å². The Bertz CT molecular complexity index is 379. The van der Waals surface area contributed by atoms with Gasteiger partial charge in [-0.15, -0.1) is 0 Å². The molecule has 0 aromatic heterocycles. The molecule has 0 radical (unpaired) electrons. The monoisotopic (exact) mass is 308 g/mol. The summed E-state index contributed by atoms with van der Waals surface area (Å²) >= 11 is 0. The van der Waals surface area contributed by atoms with Crippen LogP contribution in [0.2, 0.25) is 16.6 Å². The van der Waals surface area contributed by atoms with Gasteiger partial charge in [0.2, 0.25) is 8.32 Å². The minimum atomic E-state index is -1.82. The van der Waals surface area contributed by atoms with E-state index in [2.05, 4.69) is 60.6 Å². The first-order valence-electron chi connectivity index (χ1n) is 8.12. The van der Waals surface area contributed by atoms with Gasteiger partial charge < -0.3 is 9.16 Å². The van der Waals surface area contributed by atoms with E-state index in [4.69, 9.17) is 9.16 Å². The summed E-state index contributed by atoms with van der Waals surface area (Å²) in [5, 5.41) is 0. The minimum Gasteiger partial charge on any atom is -0.394 e. The van der Waals surface area contributed by atoms with Crippen LogP contribution >= 0.6 is 0 Å². The highest BCUT2D eigenvalue weighted by Crippen LogP contribution is 2.42. The zero-order chi connectivity index (χ0) is 16.0. The Morgan fingerprint density at radius 1 is 0.810 bits per heavy atom. The molecule has 0 bridgehead atoms. The molecule has 0 fully saturated rings. The summed E-state index contributed by atoms with van der Waals surface area (Å²) in [6, 6.07) is 10.3. The lowest BCUT2D eigenvalue weighted by Gasteiger charge is -2.42. The van der Waals surface area contributed by atoms with Crippen molar-refractivity contribution >= 4 is 8.32 Å². The molecule has 21 heavy (non-hydrogen) atoms. The number of hydrogen-bond donors (Lipinski definition) is 0. The molecule has 1 aromatic carbocycles. The van der Waals surface area contributed by atoms with Crippen LogP contribution in [-0.2, 0) is 9.16 Å². The summed E-state index contributed by atoms with van der Waals surface area (Å²) in [4.78, 5) is 0. The molecule has 1 atom stereocenters. The van der Waals surface area contributed by atoms with Crippen LogP contribution in [-0.4, -0.2) is 15.1 Å². The van der Waals surface area contributed by atoms with E-state index in [0.717, 1.165) is 0 Å². The Kier molecular flexibility index (Phi) is 7.11. The molecule has 1 rings (SSSR count). The fourth-order valence-corrected chi connectivity index (χ4v) is 8.83. The highest BCUT2D eigenvalue weighted by atomic mass is 28.4. The maximum absolute atomic E-state index is 6.42. The molecule has 1 unspecified atom stereocenters. The Balaban J connectivity index is 2.66. The van der Waals surface area contributed by atoms with Crippen LogP contribution in [0.4, 0.5) is 0 Å². The average molecular weight is 309 g/mol. The predicted molar refractivity (Wildman–Crippen MR) is 92.9 cm³/mol. The molecule has 0 heterocycles. The van der Waals surface area contributed by atoms with Crippen LogP contribution in [0, 0.1) is 0 Å². The van der Waals surface area contributed by atoms with Gasteiger partial charge >= 0.3 is 0 Å². The van der Waals surface area contributed by atoms with Crippen molar-refractivity contribution in [2.24, 2.45) is 0 Å². The third kappa shape index (κ3) is 4.41. The quantitative estimate of drug-likeness (QED) is 0.439. The first-order valence-corrected chi connectivity index (χ1v) is 10.3. The van der Waals surface area contributed by atoms with E-state index >= 15 is 0 Å².